The Bertz CT molecular complexity index is 425. The number of β-amino-alcohol motifs (C(OH)–C–C–N with tert-alkyl or cyclic N) is 1. The average molecular weight is 252 g/mol. The zero-order valence-electron chi connectivity index (χ0n) is 10.1. The number of anilines is 1. The Morgan fingerprint density at radius 2 is 2.39 bits per heavy atom. The molecule has 4 nitrogen and oxygen atoms in total. The number of nitrogens with one attached hydrogen (secondary N) is 1. The molecule has 0 radical (unpaired) electrons. The van der Waals surface area contributed by atoms with Crippen LogP contribution in [-0.4, -0.2) is 41.7 Å². The van der Waals surface area contributed by atoms with Gasteiger partial charge in [0.2, 0.25) is 5.91 Å². The monoisotopic (exact) mass is 252 g/mol. The summed E-state index contributed by atoms with van der Waals surface area (Å²) >= 11 is 0. The van der Waals surface area contributed by atoms with Crippen LogP contribution in [0.25, 0.3) is 0 Å². The Morgan fingerprint density at radius 3 is 3.06 bits per heavy atom. The van der Waals surface area contributed by atoms with Gasteiger partial charge in [0, 0.05) is 31.7 Å². The smallest absolute Gasteiger partial charge is 0.225 e. The molecule has 2 N–H and O–H groups in total. The van der Waals surface area contributed by atoms with Crippen LogP contribution in [-0.2, 0) is 4.79 Å². The molecule has 1 aromatic rings. The second kappa shape index (κ2) is 5.93. The third kappa shape index (κ3) is 3.78. The molecule has 0 aliphatic carbocycles. The van der Waals surface area contributed by atoms with Crippen molar-refractivity contribution in [1.29, 1.82) is 0 Å². The second-order valence-electron chi connectivity index (χ2n) is 4.55. The fourth-order valence-electron chi connectivity index (χ4n) is 2.06. The van der Waals surface area contributed by atoms with Crippen molar-refractivity contribution < 1.29 is 14.3 Å². The van der Waals surface area contributed by atoms with E-state index in [2.05, 4.69) is 10.2 Å². The Balaban J connectivity index is 1.75. The van der Waals surface area contributed by atoms with Gasteiger partial charge >= 0.3 is 0 Å². The molecule has 0 unspecified atom stereocenters. The summed E-state index contributed by atoms with van der Waals surface area (Å²) in [6.07, 6.45) is 0.852. The van der Waals surface area contributed by atoms with Crippen LogP contribution in [0, 0.1) is 5.82 Å². The standard InChI is InChI=1S/C13H17FN2O2/c14-10-2-1-3-11(8-10)15-13(18)5-7-16-6-4-12(17)9-16/h1-3,8,12,17H,4-7,9H2,(H,15,18)/t12-/m0/s1. The number of nitrogens with zero attached hydrogens (tertiary/aromatic N) is 1. The molecular formula is C13H17FN2O2. The lowest BCUT2D eigenvalue weighted by Gasteiger charge is -2.14. The Hall–Kier alpha value is -1.46. The molecule has 2 rings (SSSR count). The average Bonchev–Trinajstić information content (AvgIpc) is 2.73. The highest BCUT2D eigenvalue weighted by Gasteiger charge is 2.20. The predicted molar refractivity (Wildman–Crippen MR) is 66.7 cm³/mol. The highest BCUT2D eigenvalue weighted by Crippen LogP contribution is 2.11. The van der Waals surface area contributed by atoms with Gasteiger partial charge in [-0.15, -0.1) is 0 Å². The molecule has 1 aromatic carbocycles. The van der Waals surface area contributed by atoms with E-state index in [1.54, 1.807) is 12.1 Å². The van der Waals surface area contributed by atoms with Gasteiger partial charge < -0.3 is 15.3 Å². The quantitative estimate of drug-likeness (QED) is 0.847. The van der Waals surface area contributed by atoms with Gasteiger partial charge in [-0.25, -0.2) is 4.39 Å². The number of hydrogen-bond donors (Lipinski definition) is 2. The Kier molecular flexibility index (Phi) is 4.28. The minimum absolute atomic E-state index is 0.137. The molecule has 1 aliphatic rings. The van der Waals surface area contributed by atoms with Crippen molar-refractivity contribution in [1.82, 2.24) is 4.90 Å². The Labute approximate surface area is 105 Å². The number of carbonyl (C=O) groups is 1. The van der Waals surface area contributed by atoms with Crippen LogP contribution >= 0.6 is 0 Å². The lowest BCUT2D eigenvalue weighted by molar-refractivity contribution is -0.116. The summed E-state index contributed by atoms with van der Waals surface area (Å²) in [6.45, 7) is 2.08. The fourth-order valence-corrected chi connectivity index (χ4v) is 2.06. The first-order valence-corrected chi connectivity index (χ1v) is 6.09. The maximum atomic E-state index is 12.9. The van der Waals surface area contributed by atoms with E-state index in [9.17, 15) is 14.3 Å². The SMILES string of the molecule is O=C(CCN1CC[C@H](O)C1)Nc1cccc(F)c1. The molecule has 18 heavy (non-hydrogen) atoms. The van der Waals surface area contributed by atoms with Crippen molar-refractivity contribution in [3.8, 4) is 0 Å². The predicted octanol–water partition coefficient (Wildman–Crippen LogP) is 1.22. The van der Waals surface area contributed by atoms with Gasteiger partial charge in [0.1, 0.15) is 5.82 Å². The van der Waals surface area contributed by atoms with Crippen molar-refractivity contribution in [3.63, 3.8) is 0 Å². The molecule has 1 aliphatic heterocycles. The zero-order chi connectivity index (χ0) is 13.0. The first-order chi connectivity index (χ1) is 8.63. The fraction of sp³-hybridized carbons (Fsp3) is 0.462. The van der Waals surface area contributed by atoms with E-state index in [1.807, 2.05) is 0 Å². The summed E-state index contributed by atoms with van der Waals surface area (Å²) in [5.74, 6) is -0.502. The van der Waals surface area contributed by atoms with Gasteiger partial charge in [0.05, 0.1) is 6.10 Å². The minimum Gasteiger partial charge on any atom is -0.392 e. The summed E-state index contributed by atoms with van der Waals surface area (Å²) in [6, 6.07) is 5.83. The summed E-state index contributed by atoms with van der Waals surface area (Å²) in [5, 5.41) is 12.0. The van der Waals surface area contributed by atoms with E-state index < -0.39 is 0 Å². The molecule has 98 valence electrons. The Morgan fingerprint density at radius 1 is 1.56 bits per heavy atom. The lowest BCUT2D eigenvalue weighted by Crippen LogP contribution is -2.26. The van der Waals surface area contributed by atoms with Gasteiger partial charge in [0.25, 0.3) is 0 Å². The zero-order valence-corrected chi connectivity index (χ0v) is 10.1. The molecule has 1 heterocycles. The molecule has 1 fully saturated rings. The number of benzene rings is 1. The van der Waals surface area contributed by atoms with Crippen molar-refractivity contribution in [3.05, 3.63) is 30.1 Å². The topological polar surface area (TPSA) is 52.6 Å². The minimum atomic E-state index is -0.365. The lowest BCUT2D eigenvalue weighted by atomic mass is 10.3. The molecule has 0 bridgehead atoms. The molecule has 1 atom stereocenters. The third-order valence-corrected chi connectivity index (χ3v) is 3.01. The number of halogens is 1. The highest BCUT2D eigenvalue weighted by molar-refractivity contribution is 5.90. The number of hydrogen-bond acceptors (Lipinski definition) is 3. The number of likely N-dealkylation sites (tertiary alicyclic amines) is 1. The number of carbonyl (C=O) groups excluding carboxylic acids is 1. The molecule has 0 spiro atoms. The summed E-state index contributed by atoms with van der Waals surface area (Å²) in [5.41, 5.74) is 0.474. The summed E-state index contributed by atoms with van der Waals surface area (Å²) < 4.78 is 12.9. The van der Waals surface area contributed by atoms with E-state index in [1.165, 1.54) is 12.1 Å². The largest absolute Gasteiger partial charge is 0.392 e. The second-order valence-corrected chi connectivity index (χ2v) is 4.55. The molecule has 0 aromatic heterocycles. The molecule has 0 saturated carbocycles. The number of aliphatic hydroxyl groups is 1. The number of rotatable bonds is 4. The third-order valence-electron chi connectivity index (χ3n) is 3.01. The maximum Gasteiger partial charge on any atom is 0.225 e. The highest BCUT2D eigenvalue weighted by atomic mass is 19.1. The van der Waals surface area contributed by atoms with E-state index in [4.69, 9.17) is 0 Å². The normalized spacial score (nSPS) is 20.0. The van der Waals surface area contributed by atoms with Crippen LogP contribution < -0.4 is 5.32 Å². The van der Waals surface area contributed by atoms with Crippen LogP contribution in [0.4, 0.5) is 10.1 Å². The summed E-state index contributed by atoms with van der Waals surface area (Å²) in [4.78, 5) is 13.7. The van der Waals surface area contributed by atoms with E-state index in [-0.39, 0.29) is 17.8 Å². The van der Waals surface area contributed by atoms with Gasteiger partial charge in [-0.1, -0.05) is 6.07 Å². The maximum absolute atomic E-state index is 12.9. The van der Waals surface area contributed by atoms with Crippen molar-refractivity contribution in [2.24, 2.45) is 0 Å². The van der Waals surface area contributed by atoms with Crippen LogP contribution in [0.1, 0.15) is 12.8 Å². The van der Waals surface area contributed by atoms with Crippen LogP contribution in [0.15, 0.2) is 24.3 Å². The van der Waals surface area contributed by atoms with Gasteiger partial charge in [-0.05, 0) is 24.6 Å². The van der Waals surface area contributed by atoms with Gasteiger partial charge in [0.15, 0.2) is 0 Å². The van der Waals surface area contributed by atoms with Crippen molar-refractivity contribution >= 4 is 11.6 Å². The van der Waals surface area contributed by atoms with Crippen molar-refractivity contribution in [2.45, 2.75) is 18.9 Å². The molecule has 1 amide bonds. The van der Waals surface area contributed by atoms with E-state index in [0.717, 1.165) is 13.0 Å². The first-order valence-electron chi connectivity index (χ1n) is 6.09. The molecular weight excluding hydrogens is 235 g/mol. The first kappa shape index (κ1) is 13.0. The summed E-state index contributed by atoms with van der Waals surface area (Å²) in [7, 11) is 0. The van der Waals surface area contributed by atoms with Crippen molar-refractivity contribution in [2.75, 3.05) is 25.0 Å². The van der Waals surface area contributed by atoms with Gasteiger partial charge in [-0.3, -0.25) is 4.79 Å². The molecule has 5 heteroatoms. The number of aliphatic hydroxyl groups excluding tert-OH is 1. The van der Waals surface area contributed by atoms with Crippen LogP contribution in [0.5, 0.6) is 0 Å². The van der Waals surface area contributed by atoms with E-state index in [0.29, 0.717) is 25.2 Å². The number of amides is 1. The molecule has 1 saturated heterocycles. The van der Waals surface area contributed by atoms with Crippen LogP contribution in [0.3, 0.4) is 0 Å². The van der Waals surface area contributed by atoms with Crippen LogP contribution in [0.2, 0.25) is 0 Å². The van der Waals surface area contributed by atoms with Gasteiger partial charge in [-0.2, -0.15) is 0 Å². The van der Waals surface area contributed by atoms with E-state index >= 15 is 0 Å².